The molecule has 0 amide bonds. The average molecular weight is 268 g/mol. The van der Waals surface area contributed by atoms with Crippen molar-refractivity contribution < 1.29 is 0 Å². The highest BCUT2D eigenvalue weighted by Gasteiger charge is 2.17. The Morgan fingerprint density at radius 3 is 2.20 bits per heavy atom. The van der Waals surface area contributed by atoms with Crippen molar-refractivity contribution in [1.29, 1.82) is 0 Å². The molecule has 0 aliphatic heterocycles. The fourth-order valence-electron chi connectivity index (χ4n) is 2.73. The zero-order valence-corrected chi connectivity index (χ0v) is 13.4. The van der Waals surface area contributed by atoms with E-state index in [0.29, 0.717) is 11.8 Å². The SMILES string of the molecule is C=C/C(=C(\C=C/C)C(C)CC)C(CC)c1ccccc1. The molecule has 0 heterocycles. The highest BCUT2D eigenvalue weighted by atomic mass is 14.2. The van der Waals surface area contributed by atoms with Gasteiger partial charge in [0.15, 0.2) is 0 Å². The maximum absolute atomic E-state index is 4.08. The van der Waals surface area contributed by atoms with E-state index in [9.17, 15) is 0 Å². The Hall–Kier alpha value is -1.56. The van der Waals surface area contributed by atoms with Crippen LogP contribution in [-0.2, 0) is 0 Å². The maximum atomic E-state index is 4.08. The zero-order valence-electron chi connectivity index (χ0n) is 13.4. The summed E-state index contributed by atoms with van der Waals surface area (Å²) in [4.78, 5) is 0. The Morgan fingerprint density at radius 2 is 1.75 bits per heavy atom. The van der Waals surface area contributed by atoms with E-state index < -0.39 is 0 Å². The third-order valence-corrected chi connectivity index (χ3v) is 4.03. The summed E-state index contributed by atoms with van der Waals surface area (Å²) in [7, 11) is 0. The summed E-state index contributed by atoms with van der Waals surface area (Å²) >= 11 is 0. The molecule has 2 atom stereocenters. The van der Waals surface area contributed by atoms with Crippen molar-refractivity contribution in [3.63, 3.8) is 0 Å². The molecule has 1 aromatic carbocycles. The maximum Gasteiger partial charge on any atom is 0.00893 e. The van der Waals surface area contributed by atoms with Crippen LogP contribution in [0.2, 0.25) is 0 Å². The van der Waals surface area contributed by atoms with Gasteiger partial charge in [0.2, 0.25) is 0 Å². The van der Waals surface area contributed by atoms with Gasteiger partial charge in [-0.15, -0.1) is 0 Å². The quantitative estimate of drug-likeness (QED) is 0.510. The summed E-state index contributed by atoms with van der Waals surface area (Å²) in [6.07, 6.45) is 8.72. The molecule has 1 aromatic rings. The van der Waals surface area contributed by atoms with Crippen LogP contribution in [0.3, 0.4) is 0 Å². The first-order valence-corrected chi connectivity index (χ1v) is 7.73. The van der Waals surface area contributed by atoms with E-state index in [0.717, 1.165) is 12.8 Å². The molecule has 0 fully saturated rings. The number of benzene rings is 1. The largest absolute Gasteiger partial charge is 0.0988 e. The Labute approximate surface area is 124 Å². The van der Waals surface area contributed by atoms with Gasteiger partial charge in [0.05, 0.1) is 0 Å². The molecule has 0 saturated heterocycles. The van der Waals surface area contributed by atoms with Gasteiger partial charge in [-0.3, -0.25) is 0 Å². The Balaban J connectivity index is 3.34. The van der Waals surface area contributed by atoms with E-state index in [-0.39, 0.29) is 0 Å². The Bertz CT molecular complexity index is 462. The molecule has 0 aliphatic carbocycles. The van der Waals surface area contributed by atoms with E-state index in [1.165, 1.54) is 16.7 Å². The predicted molar refractivity (Wildman–Crippen MR) is 91.0 cm³/mol. The van der Waals surface area contributed by atoms with E-state index in [2.05, 4.69) is 82.8 Å². The van der Waals surface area contributed by atoms with Crippen LogP contribution in [0.5, 0.6) is 0 Å². The molecule has 0 radical (unpaired) electrons. The molecule has 20 heavy (non-hydrogen) atoms. The van der Waals surface area contributed by atoms with Gasteiger partial charge in [-0.1, -0.05) is 75.9 Å². The van der Waals surface area contributed by atoms with Crippen LogP contribution in [-0.4, -0.2) is 0 Å². The second-order valence-electron chi connectivity index (χ2n) is 5.30. The Kier molecular flexibility index (Phi) is 7.08. The monoisotopic (exact) mass is 268 g/mol. The minimum absolute atomic E-state index is 0.439. The molecule has 0 bridgehead atoms. The van der Waals surface area contributed by atoms with Crippen molar-refractivity contribution in [1.82, 2.24) is 0 Å². The highest BCUT2D eigenvalue weighted by Crippen LogP contribution is 2.34. The van der Waals surface area contributed by atoms with Crippen molar-refractivity contribution in [3.8, 4) is 0 Å². The van der Waals surface area contributed by atoms with Crippen molar-refractivity contribution >= 4 is 0 Å². The second kappa shape index (κ2) is 8.58. The number of rotatable bonds is 7. The predicted octanol–water partition coefficient (Wildman–Crippen LogP) is 6.29. The van der Waals surface area contributed by atoms with Gasteiger partial charge in [0.1, 0.15) is 0 Å². The summed E-state index contributed by atoms with van der Waals surface area (Å²) in [5.41, 5.74) is 4.20. The van der Waals surface area contributed by atoms with Gasteiger partial charge >= 0.3 is 0 Å². The zero-order chi connectivity index (χ0) is 15.0. The van der Waals surface area contributed by atoms with Crippen LogP contribution in [0.4, 0.5) is 0 Å². The van der Waals surface area contributed by atoms with Crippen LogP contribution in [0.25, 0.3) is 0 Å². The second-order valence-corrected chi connectivity index (χ2v) is 5.30. The summed E-state index contributed by atoms with van der Waals surface area (Å²) in [6, 6.07) is 10.8. The first kappa shape index (κ1) is 16.5. The number of hydrogen-bond donors (Lipinski definition) is 0. The first-order chi connectivity index (χ1) is 9.69. The van der Waals surface area contributed by atoms with E-state index in [1.807, 2.05) is 0 Å². The minimum atomic E-state index is 0.439. The summed E-state index contributed by atoms with van der Waals surface area (Å²) in [6.45, 7) is 13.0. The number of allylic oxidation sites excluding steroid dienone is 5. The third kappa shape index (κ3) is 3.96. The molecule has 0 aromatic heterocycles. The van der Waals surface area contributed by atoms with Gasteiger partial charge in [0, 0.05) is 5.92 Å². The summed E-state index contributed by atoms with van der Waals surface area (Å²) in [5, 5.41) is 0. The van der Waals surface area contributed by atoms with Crippen molar-refractivity contribution in [2.24, 2.45) is 5.92 Å². The van der Waals surface area contributed by atoms with E-state index in [1.54, 1.807) is 0 Å². The molecule has 0 nitrogen and oxygen atoms in total. The summed E-state index contributed by atoms with van der Waals surface area (Å²) < 4.78 is 0. The van der Waals surface area contributed by atoms with Gasteiger partial charge < -0.3 is 0 Å². The smallest absolute Gasteiger partial charge is 0.00893 e. The van der Waals surface area contributed by atoms with Crippen molar-refractivity contribution in [2.75, 3.05) is 0 Å². The van der Waals surface area contributed by atoms with E-state index in [4.69, 9.17) is 0 Å². The lowest BCUT2D eigenvalue weighted by molar-refractivity contribution is 0.648. The molecule has 2 unspecified atom stereocenters. The van der Waals surface area contributed by atoms with Gasteiger partial charge in [-0.2, -0.15) is 0 Å². The van der Waals surface area contributed by atoms with Crippen LogP contribution in [0, 0.1) is 5.92 Å². The number of hydrogen-bond acceptors (Lipinski definition) is 0. The molecule has 0 saturated carbocycles. The van der Waals surface area contributed by atoms with Crippen molar-refractivity contribution in [3.05, 3.63) is 71.8 Å². The van der Waals surface area contributed by atoms with Crippen LogP contribution < -0.4 is 0 Å². The van der Waals surface area contributed by atoms with Crippen molar-refractivity contribution in [2.45, 2.75) is 46.5 Å². The lowest BCUT2D eigenvalue weighted by Gasteiger charge is -2.23. The fourth-order valence-corrected chi connectivity index (χ4v) is 2.73. The molecule has 108 valence electrons. The standard InChI is InChI=1S/C20H28/c1-6-13-20(16(5)7-2)19(9-4)18(8-3)17-14-11-10-12-15-17/h6,9-16,18H,4,7-8H2,1-3,5H3/b13-6-,20-19-. The molecular weight excluding hydrogens is 240 g/mol. The van der Waals surface area contributed by atoms with Crippen LogP contribution in [0.15, 0.2) is 66.3 Å². The van der Waals surface area contributed by atoms with Crippen LogP contribution in [0.1, 0.15) is 52.0 Å². The van der Waals surface area contributed by atoms with Gasteiger partial charge in [-0.05, 0) is 42.4 Å². The molecule has 0 aliphatic rings. The molecular formula is C20H28. The lowest BCUT2D eigenvalue weighted by Crippen LogP contribution is -2.07. The van der Waals surface area contributed by atoms with Crippen LogP contribution >= 0.6 is 0 Å². The summed E-state index contributed by atoms with van der Waals surface area (Å²) in [5.74, 6) is 1.01. The minimum Gasteiger partial charge on any atom is -0.0988 e. The molecule has 0 N–H and O–H groups in total. The van der Waals surface area contributed by atoms with Gasteiger partial charge in [-0.25, -0.2) is 0 Å². The van der Waals surface area contributed by atoms with E-state index >= 15 is 0 Å². The fraction of sp³-hybridized carbons (Fsp3) is 0.400. The first-order valence-electron chi connectivity index (χ1n) is 7.73. The molecule has 0 spiro atoms. The van der Waals surface area contributed by atoms with Gasteiger partial charge in [0.25, 0.3) is 0 Å². The Morgan fingerprint density at radius 1 is 1.10 bits per heavy atom. The topological polar surface area (TPSA) is 0 Å². The third-order valence-electron chi connectivity index (χ3n) is 4.03. The normalized spacial score (nSPS) is 15.8. The lowest BCUT2D eigenvalue weighted by atomic mass is 9.82. The molecule has 0 heteroatoms. The molecule has 1 rings (SSSR count). The highest BCUT2D eigenvalue weighted by molar-refractivity contribution is 5.42. The average Bonchev–Trinajstić information content (AvgIpc) is 2.50.